The van der Waals surface area contributed by atoms with E-state index >= 15 is 0 Å². The van der Waals surface area contributed by atoms with Gasteiger partial charge in [-0.1, -0.05) is 6.42 Å². The van der Waals surface area contributed by atoms with Gasteiger partial charge < -0.3 is 9.80 Å². The van der Waals surface area contributed by atoms with Crippen LogP contribution in [0.4, 0.5) is 0 Å². The first-order valence-electron chi connectivity index (χ1n) is 9.79. The largest absolute Gasteiger partial charge is 0.342 e. The van der Waals surface area contributed by atoms with Gasteiger partial charge in [0.25, 0.3) is 0 Å². The lowest BCUT2D eigenvalue weighted by Gasteiger charge is -2.36. The Morgan fingerprint density at radius 3 is 2.84 bits per heavy atom. The molecule has 2 fully saturated rings. The molecule has 3 rings (SSSR count). The minimum absolute atomic E-state index is 0.210. The maximum absolute atomic E-state index is 12.8. The van der Waals surface area contributed by atoms with Crippen molar-refractivity contribution >= 4 is 11.8 Å². The van der Waals surface area contributed by atoms with Crippen LogP contribution in [0.1, 0.15) is 57.8 Å². The molecule has 0 N–H and O–H groups in total. The van der Waals surface area contributed by atoms with Crippen LogP contribution in [0.2, 0.25) is 0 Å². The first-order chi connectivity index (χ1) is 12.2. The summed E-state index contributed by atoms with van der Waals surface area (Å²) in [4.78, 5) is 28.8. The van der Waals surface area contributed by atoms with E-state index in [1.807, 2.05) is 21.8 Å². The average molecular weight is 346 g/mol. The standard InChI is InChI=1S/C19H30N4O2/c24-18-8-2-1-4-12-21(18)15-10-19(25)23-14-5-3-7-17(23)9-16-22-13-6-11-20-22/h6,11,13,17H,1-5,7-10,12,14-16H2/t17-/m1/s1. The molecular weight excluding hydrogens is 316 g/mol. The van der Waals surface area contributed by atoms with Gasteiger partial charge in [0.2, 0.25) is 11.8 Å². The molecule has 6 heteroatoms. The summed E-state index contributed by atoms with van der Waals surface area (Å²) < 4.78 is 1.94. The third kappa shape index (κ3) is 5.06. The lowest BCUT2D eigenvalue weighted by molar-refractivity contribution is -0.136. The lowest BCUT2D eigenvalue weighted by atomic mass is 9.99. The molecule has 3 heterocycles. The zero-order chi connectivity index (χ0) is 17.5. The normalized spacial score (nSPS) is 22.1. The predicted octanol–water partition coefficient (Wildman–Crippen LogP) is 2.45. The highest BCUT2D eigenvalue weighted by Crippen LogP contribution is 2.21. The van der Waals surface area contributed by atoms with Gasteiger partial charge in [-0.3, -0.25) is 14.3 Å². The molecule has 2 aliphatic rings. The van der Waals surface area contributed by atoms with Crippen LogP contribution in [-0.2, 0) is 16.1 Å². The number of rotatable bonds is 6. The molecule has 1 atom stereocenters. The van der Waals surface area contributed by atoms with Crippen molar-refractivity contribution in [1.82, 2.24) is 19.6 Å². The summed E-state index contributed by atoms with van der Waals surface area (Å²) in [7, 11) is 0. The average Bonchev–Trinajstić information content (AvgIpc) is 3.07. The highest BCUT2D eigenvalue weighted by Gasteiger charge is 2.27. The predicted molar refractivity (Wildman–Crippen MR) is 95.9 cm³/mol. The summed E-state index contributed by atoms with van der Waals surface area (Å²) in [6.45, 7) is 3.11. The Balaban J connectivity index is 1.50. The summed E-state index contributed by atoms with van der Waals surface area (Å²) in [6, 6.07) is 2.24. The second-order valence-electron chi connectivity index (χ2n) is 7.24. The van der Waals surface area contributed by atoms with Crippen LogP contribution in [0.3, 0.4) is 0 Å². The Morgan fingerprint density at radius 2 is 2.00 bits per heavy atom. The first-order valence-corrected chi connectivity index (χ1v) is 9.79. The van der Waals surface area contributed by atoms with Crippen LogP contribution >= 0.6 is 0 Å². The molecule has 0 radical (unpaired) electrons. The van der Waals surface area contributed by atoms with Crippen LogP contribution in [-0.4, -0.2) is 57.1 Å². The van der Waals surface area contributed by atoms with E-state index < -0.39 is 0 Å². The molecule has 6 nitrogen and oxygen atoms in total. The fourth-order valence-corrected chi connectivity index (χ4v) is 3.99. The molecule has 0 aliphatic carbocycles. The van der Waals surface area contributed by atoms with Crippen LogP contribution in [0, 0.1) is 0 Å². The van der Waals surface area contributed by atoms with Crippen molar-refractivity contribution in [3.8, 4) is 0 Å². The van der Waals surface area contributed by atoms with Gasteiger partial charge in [-0.15, -0.1) is 0 Å². The Hall–Kier alpha value is -1.85. The quantitative estimate of drug-likeness (QED) is 0.795. The SMILES string of the molecule is O=C1CCCCCN1CCC(=O)N1CCCC[C@@H]1CCn1cccn1. The maximum atomic E-state index is 12.8. The maximum Gasteiger partial charge on any atom is 0.224 e. The van der Waals surface area contributed by atoms with Crippen LogP contribution in [0.15, 0.2) is 18.5 Å². The number of aromatic nitrogens is 2. The summed E-state index contributed by atoms with van der Waals surface area (Å²) in [5, 5.41) is 4.25. The number of hydrogen-bond donors (Lipinski definition) is 0. The molecule has 0 spiro atoms. The molecule has 0 saturated carbocycles. The monoisotopic (exact) mass is 346 g/mol. The first kappa shape index (κ1) is 18.0. The molecule has 1 aromatic heterocycles. The second kappa shape index (κ2) is 9.02. The number of piperidine rings is 1. The zero-order valence-electron chi connectivity index (χ0n) is 15.1. The van der Waals surface area contributed by atoms with Gasteiger partial charge in [0.1, 0.15) is 0 Å². The van der Waals surface area contributed by atoms with Crippen molar-refractivity contribution in [3.05, 3.63) is 18.5 Å². The van der Waals surface area contributed by atoms with E-state index in [1.165, 1.54) is 6.42 Å². The van der Waals surface area contributed by atoms with E-state index in [0.29, 0.717) is 25.4 Å². The van der Waals surface area contributed by atoms with Crippen LogP contribution in [0.25, 0.3) is 0 Å². The summed E-state index contributed by atoms with van der Waals surface area (Å²) >= 11 is 0. The zero-order valence-corrected chi connectivity index (χ0v) is 15.1. The number of likely N-dealkylation sites (tertiary alicyclic amines) is 2. The van der Waals surface area contributed by atoms with E-state index in [1.54, 1.807) is 6.20 Å². The van der Waals surface area contributed by atoms with Gasteiger partial charge in [-0.2, -0.15) is 5.10 Å². The highest BCUT2D eigenvalue weighted by atomic mass is 16.2. The number of nitrogens with zero attached hydrogens (tertiary/aromatic N) is 4. The Kier molecular flexibility index (Phi) is 6.48. The summed E-state index contributed by atoms with van der Waals surface area (Å²) in [5.74, 6) is 0.432. The van der Waals surface area contributed by atoms with Crippen molar-refractivity contribution in [2.75, 3.05) is 19.6 Å². The van der Waals surface area contributed by atoms with Gasteiger partial charge in [-0.25, -0.2) is 0 Å². The Bertz CT molecular complexity index is 558. The highest BCUT2D eigenvalue weighted by molar-refractivity contribution is 5.79. The molecule has 0 aromatic carbocycles. The van der Waals surface area contributed by atoms with Crippen LogP contribution < -0.4 is 0 Å². The molecule has 2 saturated heterocycles. The Labute approximate surface area is 150 Å². The smallest absolute Gasteiger partial charge is 0.224 e. The number of carbonyl (C=O) groups is 2. The topological polar surface area (TPSA) is 58.4 Å². The lowest BCUT2D eigenvalue weighted by Crippen LogP contribution is -2.45. The molecular formula is C19H30N4O2. The van der Waals surface area contributed by atoms with E-state index in [2.05, 4.69) is 10.00 Å². The molecule has 0 bridgehead atoms. The van der Waals surface area contributed by atoms with E-state index in [9.17, 15) is 9.59 Å². The molecule has 0 unspecified atom stereocenters. The summed E-state index contributed by atoms with van der Waals surface area (Å²) in [5.41, 5.74) is 0. The van der Waals surface area contributed by atoms with E-state index in [-0.39, 0.29) is 11.8 Å². The number of aryl methyl sites for hydroxylation is 1. The number of hydrogen-bond acceptors (Lipinski definition) is 3. The molecule has 25 heavy (non-hydrogen) atoms. The third-order valence-electron chi connectivity index (χ3n) is 5.47. The van der Waals surface area contributed by atoms with Gasteiger partial charge in [0.05, 0.1) is 0 Å². The van der Waals surface area contributed by atoms with Gasteiger partial charge in [-0.05, 0) is 44.6 Å². The Morgan fingerprint density at radius 1 is 1.12 bits per heavy atom. The minimum Gasteiger partial charge on any atom is -0.342 e. The molecule has 2 aliphatic heterocycles. The fourth-order valence-electron chi connectivity index (χ4n) is 3.99. The summed E-state index contributed by atoms with van der Waals surface area (Å²) in [6.07, 6.45) is 12.4. The van der Waals surface area contributed by atoms with Gasteiger partial charge >= 0.3 is 0 Å². The fraction of sp³-hybridized carbons (Fsp3) is 0.737. The molecule has 1 aromatic rings. The van der Waals surface area contributed by atoms with Gasteiger partial charge in [0, 0.05) is 57.5 Å². The van der Waals surface area contributed by atoms with Crippen molar-refractivity contribution in [2.24, 2.45) is 0 Å². The van der Waals surface area contributed by atoms with Crippen molar-refractivity contribution in [3.63, 3.8) is 0 Å². The van der Waals surface area contributed by atoms with Gasteiger partial charge in [0.15, 0.2) is 0 Å². The van der Waals surface area contributed by atoms with E-state index in [4.69, 9.17) is 0 Å². The minimum atomic E-state index is 0.210. The third-order valence-corrected chi connectivity index (χ3v) is 5.47. The second-order valence-corrected chi connectivity index (χ2v) is 7.24. The number of carbonyl (C=O) groups excluding carboxylic acids is 2. The van der Waals surface area contributed by atoms with Crippen molar-refractivity contribution in [2.45, 2.75) is 70.4 Å². The molecule has 138 valence electrons. The van der Waals surface area contributed by atoms with Crippen molar-refractivity contribution in [1.29, 1.82) is 0 Å². The number of amides is 2. The molecule has 2 amide bonds. The van der Waals surface area contributed by atoms with E-state index in [0.717, 1.165) is 58.2 Å². The van der Waals surface area contributed by atoms with Crippen LogP contribution in [0.5, 0.6) is 0 Å². The van der Waals surface area contributed by atoms with Crippen molar-refractivity contribution < 1.29 is 9.59 Å².